The van der Waals surface area contributed by atoms with Gasteiger partial charge < -0.3 is 10.1 Å². The summed E-state index contributed by atoms with van der Waals surface area (Å²) in [5.41, 5.74) is 2.52. The smallest absolute Gasteiger partial charge is 0.0642 e. The lowest BCUT2D eigenvalue weighted by molar-refractivity contribution is 0.0181. The number of para-hydroxylation sites is 1. The number of hydrogen-bond donors (Lipinski definition) is 1. The van der Waals surface area contributed by atoms with Crippen LogP contribution in [0.15, 0.2) is 24.3 Å². The predicted octanol–water partition coefficient (Wildman–Crippen LogP) is 4.39. The normalized spacial score (nSPS) is 23.3. The van der Waals surface area contributed by atoms with E-state index < -0.39 is 0 Å². The van der Waals surface area contributed by atoms with Gasteiger partial charge in [0.25, 0.3) is 0 Å². The standard InChI is InChI=1S/C17H27NO/c1-3-15-8-6-9-16(13-15)19-12-11-18-17-10-5-4-7-14(17)2/h4-5,7,10,15-16,18H,3,6,8-9,11-13H2,1-2H3. The summed E-state index contributed by atoms with van der Waals surface area (Å²) in [6.07, 6.45) is 7.06. The van der Waals surface area contributed by atoms with Crippen LogP contribution in [0, 0.1) is 12.8 Å². The quantitative estimate of drug-likeness (QED) is 0.767. The van der Waals surface area contributed by atoms with Crippen molar-refractivity contribution in [2.75, 3.05) is 18.5 Å². The van der Waals surface area contributed by atoms with Crippen LogP contribution in [0.1, 0.15) is 44.6 Å². The van der Waals surface area contributed by atoms with Gasteiger partial charge in [-0.1, -0.05) is 44.4 Å². The topological polar surface area (TPSA) is 21.3 Å². The highest BCUT2D eigenvalue weighted by molar-refractivity contribution is 5.50. The molecule has 1 aliphatic rings. The van der Waals surface area contributed by atoms with Crippen LogP contribution in [0.5, 0.6) is 0 Å². The van der Waals surface area contributed by atoms with Gasteiger partial charge in [0, 0.05) is 12.2 Å². The first kappa shape index (κ1) is 14.4. The molecular formula is C17H27NO. The molecule has 2 nitrogen and oxygen atoms in total. The summed E-state index contributed by atoms with van der Waals surface area (Å²) in [6.45, 7) is 6.15. The molecule has 0 spiro atoms. The molecule has 0 bridgehead atoms. The van der Waals surface area contributed by atoms with Crippen molar-refractivity contribution in [3.05, 3.63) is 29.8 Å². The van der Waals surface area contributed by atoms with Gasteiger partial charge in [-0.15, -0.1) is 0 Å². The van der Waals surface area contributed by atoms with Gasteiger partial charge in [-0.25, -0.2) is 0 Å². The predicted molar refractivity (Wildman–Crippen MR) is 81.7 cm³/mol. The Kier molecular flexibility index (Phi) is 5.71. The molecule has 19 heavy (non-hydrogen) atoms. The lowest BCUT2D eigenvalue weighted by atomic mass is 9.85. The van der Waals surface area contributed by atoms with Crippen LogP contribution < -0.4 is 5.32 Å². The van der Waals surface area contributed by atoms with E-state index in [-0.39, 0.29) is 0 Å². The van der Waals surface area contributed by atoms with Crippen LogP contribution in [-0.2, 0) is 4.74 Å². The number of ether oxygens (including phenoxy) is 1. The average Bonchev–Trinajstić information content (AvgIpc) is 2.45. The Morgan fingerprint density at radius 3 is 2.89 bits per heavy atom. The lowest BCUT2D eigenvalue weighted by Gasteiger charge is -2.28. The molecular weight excluding hydrogens is 234 g/mol. The maximum Gasteiger partial charge on any atom is 0.0642 e. The first-order valence-electron chi connectivity index (χ1n) is 7.70. The maximum absolute atomic E-state index is 6.01. The molecule has 1 fully saturated rings. The van der Waals surface area contributed by atoms with Gasteiger partial charge in [-0.2, -0.15) is 0 Å². The Morgan fingerprint density at radius 1 is 1.26 bits per heavy atom. The van der Waals surface area contributed by atoms with Crippen molar-refractivity contribution in [3.8, 4) is 0 Å². The van der Waals surface area contributed by atoms with E-state index in [9.17, 15) is 0 Å². The maximum atomic E-state index is 6.01. The monoisotopic (exact) mass is 261 g/mol. The van der Waals surface area contributed by atoms with Crippen LogP contribution in [0.4, 0.5) is 5.69 Å². The highest BCUT2D eigenvalue weighted by Gasteiger charge is 2.20. The summed E-state index contributed by atoms with van der Waals surface area (Å²) in [5, 5.41) is 3.45. The number of aryl methyl sites for hydroxylation is 1. The highest BCUT2D eigenvalue weighted by Crippen LogP contribution is 2.28. The summed E-state index contributed by atoms with van der Waals surface area (Å²) >= 11 is 0. The van der Waals surface area contributed by atoms with E-state index >= 15 is 0 Å². The SMILES string of the molecule is CCC1CCCC(OCCNc2ccccc2C)C1. The molecule has 0 heterocycles. The Bertz CT molecular complexity index is 377. The van der Waals surface area contributed by atoms with Gasteiger partial charge in [0.1, 0.15) is 0 Å². The Labute approximate surface area is 117 Å². The summed E-state index contributed by atoms with van der Waals surface area (Å²) in [5.74, 6) is 0.892. The second kappa shape index (κ2) is 7.54. The molecule has 1 saturated carbocycles. The molecule has 2 heteroatoms. The third kappa shape index (κ3) is 4.54. The number of rotatable bonds is 6. The number of anilines is 1. The Hall–Kier alpha value is -1.02. The molecule has 1 aromatic rings. The zero-order valence-electron chi connectivity index (χ0n) is 12.3. The van der Waals surface area contributed by atoms with Gasteiger partial charge >= 0.3 is 0 Å². The second-order valence-corrected chi connectivity index (χ2v) is 5.68. The Balaban J connectivity index is 1.65. The number of hydrogen-bond acceptors (Lipinski definition) is 2. The molecule has 2 atom stereocenters. The van der Waals surface area contributed by atoms with Gasteiger partial charge in [0.05, 0.1) is 12.7 Å². The minimum absolute atomic E-state index is 0.498. The minimum atomic E-state index is 0.498. The van der Waals surface area contributed by atoms with Gasteiger partial charge in [0.15, 0.2) is 0 Å². The van der Waals surface area contributed by atoms with Crippen LogP contribution in [-0.4, -0.2) is 19.3 Å². The van der Waals surface area contributed by atoms with E-state index in [1.807, 2.05) is 0 Å². The van der Waals surface area contributed by atoms with E-state index in [1.165, 1.54) is 43.4 Å². The van der Waals surface area contributed by atoms with E-state index in [1.54, 1.807) is 0 Å². The molecule has 0 aliphatic heterocycles. The first-order chi connectivity index (χ1) is 9.29. The van der Waals surface area contributed by atoms with Gasteiger partial charge in [0.2, 0.25) is 0 Å². The minimum Gasteiger partial charge on any atom is -0.383 e. The van der Waals surface area contributed by atoms with Gasteiger partial charge in [-0.3, -0.25) is 0 Å². The molecule has 0 aromatic heterocycles. The summed E-state index contributed by atoms with van der Waals surface area (Å²) in [6, 6.07) is 8.41. The van der Waals surface area contributed by atoms with Crippen molar-refractivity contribution in [2.24, 2.45) is 5.92 Å². The third-order valence-corrected chi connectivity index (χ3v) is 4.23. The zero-order valence-corrected chi connectivity index (χ0v) is 12.3. The number of nitrogens with one attached hydrogen (secondary N) is 1. The molecule has 2 rings (SSSR count). The fourth-order valence-electron chi connectivity index (χ4n) is 2.95. The van der Waals surface area contributed by atoms with Gasteiger partial charge in [-0.05, 0) is 37.3 Å². The van der Waals surface area contributed by atoms with Crippen molar-refractivity contribution in [1.82, 2.24) is 0 Å². The van der Waals surface area contributed by atoms with Crippen LogP contribution in [0.2, 0.25) is 0 Å². The third-order valence-electron chi connectivity index (χ3n) is 4.23. The first-order valence-corrected chi connectivity index (χ1v) is 7.70. The van der Waals surface area contributed by atoms with E-state index in [0.29, 0.717) is 6.10 Å². The molecule has 1 aliphatic carbocycles. The highest BCUT2D eigenvalue weighted by atomic mass is 16.5. The lowest BCUT2D eigenvalue weighted by Crippen LogP contribution is -2.25. The van der Waals surface area contributed by atoms with E-state index in [2.05, 4.69) is 43.4 Å². The molecule has 0 amide bonds. The summed E-state index contributed by atoms with van der Waals surface area (Å²) in [4.78, 5) is 0. The van der Waals surface area contributed by atoms with E-state index in [4.69, 9.17) is 4.74 Å². The van der Waals surface area contributed by atoms with Crippen molar-refractivity contribution in [3.63, 3.8) is 0 Å². The van der Waals surface area contributed by atoms with Crippen molar-refractivity contribution in [1.29, 1.82) is 0 Å². The van der Waals surface area contributed by atoms with E-state index in [0.717, 1.165) is 19.1 Å². The summed E-state index contributed by atoms with van der Waals surface area (Å²) < 4.78 is 6.01. The van der Waals surface area contributed by atoms with Crippen molar-refractivity contribution in [2.45, 2.75) is 52.1 Å². The molecule has 0 saturated heterocycles. The fraction of sp³-hybridized carbons (Fsp3) is 0.647. The number of benzene rings is 1. The molecule has 106 valence electrons. The summed E-state index contributed by atoms with van der Waals surface area (Å²) in [7, 11) is 0. The second-order valence-electron chi connectivity index (χ2n) is 5.68. The Morgan fingerprint density at radius 2 is 2.11 bits per heavy atom. The van der Waals surface area contributed by atoms with Crippen LogP contribution in [0.25, 0.3) is 0 Å². The van der Waals surface area contributed by atoms with Crippen molar-refractivity contribution < 1.29 is 4.74 Å². The molecule has 2 unspecified atom stereocenters. The largest absolute Gasteiger partial charge is 0.383 e. The average molecular weight is 261 g/mol. The zero-order chi connectivity index (χ0) is 13.5. The molecule has 1 aromatic carbocycles. The molecule has 0 radical (unpaired) electrons. The fourth-order valence-corrected chi connectivity index (χ4v) is 2.95. The van der Waals surface area contributed by atoms with Crippen LogP contribution >= 0.6 is 0 Å². The van der Waals surface area contributed by atoms with Crippen LogP contribution in [0.3, 0.4) is 0 Å². The molecule has 1 N–H and O–H groups in total. The van der Waals surface area contributed by atoms with Crippen molar-refractivity contribution >= 4 is 5.69 Å².